The van der Waals surface area contributed by atoms with Gasteiger partial charge in [-0.15, -0.1) is 0 Å². The van der Waals surface area contributed by atoms with Crippen LogP contribution >= 0.6 is 0 Å². The molecule has 31 heavy (non-hydrogen) atoms. The number of carbonyl (C=O) groups excluding carboxylic acids is 1. The van der Waals surface area contributed by atoms with E-state index in [1.165, 1.54) is 5.56 Å². The van der Waals surface area contributed by atoms with Crippen LogP contribution in [0.3, 0.4) is 0 Å². The van der Waals surface area contributed by atoms with Gasteiger partial charge in [-0.25, -0.2) is 9.59 Å². The Balaban J connectivity index is 1.30. The number of hydrogen-bond acceptors (Lipinski definition) is 3. The first-order valence-electron chi connectivity index (χ1n) is 11.7. The molecular weight excluding hydrogens is 392 g/mol. The van der Waals surface area contributed by atoms with E-state index < -0.39 is 6.09 Å². The molecule has 1 aromatic carbocycles. The van der Waals surface area contributed by atoms with Crippen molar-refractivity contribution in [1.82, 2.24) is 14.7 Å². The van der Waals surface area contributed by atoms with Crippen molar-refractivity contribution in [3.8, 4) is 0 Å². The van der Waals surface area contributed by atoms with Crippen LogP contribution in [-0.2, 0) is 5.41 Å². The molecule has 4 aliphatic heterocycles. The number of carbonyl (C=O) groups is 2. The third-order valence-corrected chi connectivity index (χ3v) is 8.39. The predicted octanol–water partition coefficient (Wildman–Crippen LogP) is 3.59. The number of para-hydroxylation sites is 1. The molecule has 3 amide bonds. The van der Waals surface area contributed by atoms with E-state index in [9.17, 15) is 14.7 Å². The average Bonchev–Trinajstić information content (AvgIpc) is 3.04. The van der Waals surface area contributed by atoms with Crippen molar-refractivity contribution in [1.29, 1.82) is 0 Å². The number of carboxylic acid groups (broad SMARTS) is 1. The number of rotatable bonds is 1. The normalized spacial score (nSPS) is 29.7. The topological polar surface area (TPSA) is 67.3 Å². The molecule has 3 saturated heterocycles. The molecule has 2 bridgehead atoms. The summed E-state index contributed by atoms with van der Waals surface area (Å²) in [6.45, 7) is 2.90. The number of amides is 3. The highest BCUT2D eigenvalue weighted by Gasteiger charge is 2.48. The summed E-state index contributed by atoms with van der Waals surface area (Å²) >= 11 is 0. The van der Waals surface area contributed by atoms with E-state index in [0.717, 1.165) is 70.3 Å². The molecule has 7 heteroatoms. The third-order valence-electron chi connectivity index (χ3n) is 8.39. The molecular formula is C24H34N4O3. The van der Waals surface area contributed by atoms with Gasteiger partial charge < -0.3 is 19.8 Å². The zero-order valence-electron chi connectivity index (χ0n) is 18.7. The van der Waals surface area contributed by atoms with Gasteiger partial charge in [0.2, 0.25) is 0 Å². The Morgan fingerprint density at radius 3 is 2.19 bits per heavy atom. The second kappa shape index (κ2) is 7.69. The first-order chi connectivity index (χ1) is 14.9. The summed E-state index contributed by atoms with van der Waals surface area (Å²) in [7, 11) is 3.63. The summed E-state index contributed by atoms with van der Waals surface area (Å²) in [5, 5.41) is 9.55. The fraction of sp³-hybridized carbons (Fsp3) is 0.667. The largest absolute Gasteiger partial charge is 0.465 e. The van der Waals surface area contributed by atoms with Crippen molar-refractivity contribution in [3.05, 3.63) is 29.8 Å². The maximum Gasteiger partial charge on any atom is 0.407 e. The average molecular weight is 427 g/mol. The molecule has 2 unspecified atom stereocenters. The predicted molar refractivity (Wildman–Crippen MR) is 120 cm³/mol. The Hall–Kier alpha value is -2.28. The molecule has 1 N–H and O–H groups in total. The molecule has 1 spiro atoms. The number of benzene rings is 1. The van der Waals surface area contributed by atoms with E-state index in [0.29, 0.717) is 6.04 Å². The second-order valence-electron chi connectivity index (χ2n) is 10.1. The van der Waals surface area contributed by atoms with E-state index in [2.05, 4.69) is 23.1 Å². The van der Waals surface area contributed by atoms with E-state index in [-0.39, 0.29) is 23.5 Å². The molecule has 4 heterocycles. The number of anilines is 1. The summed E-state index contributed by atoms with van der Waals surface area (Å²) in [6.07, 6.45) is 6.52. The van der Waals surface area contributed by atoms with Crippen molar-refractivity contribution in [3.63, 3.8) is 0 Å². The number of piperidine rings is 2. The van der Waals surface area contributed by atoms with Crippen LogP contribution in [0.1, 0.15) is 50.5 Å². The molecule has 168 valence electrons. The van der Waals surface area contributed by atoms with Gasteiger partial charge in [0.1, 0.15) is 0 Å². The molecule has 0 aliphatic carbocycles. The zero-order valence-corrected chi connectivity index (χ0v) is 18.7. The van der Waals surface area contributed by atoms with Crippen LogP contribution in [0.15, 0.2) is 24.3 Å². The number of urea groups is 1. The number of nitrogens with zero attached hydrogens (tertiary/aromatic N) is 4. The highest BCUT2D eigenvalue weighted by molar-refractivity contribution is 5.93. The van der Waals surface area contributed by atoms with Crippen molar-refractivity contribution in [2.24, 2.45) is 0 Å². The fourth-order valence-electron chi connectivity index (χ4n) is 6.77. The molecule has 4 aliphatic rings. The Kier molecular flexibility index (Phi) is 5.12. The van der Waals surface area contributed by atoms with E-state index >= 15 is 0 Å². The molecule has 0 radical (unpaired) electrons. The van der Waals surface area contributed by atoms with Crippen LogP contribution < -0.4 is 4.90 Å². The SMILES string of the molecule is CN(C)C(=O)N1CCC2(CCN(C3CC4CCC(C3)N4C(=O)O)CC2)c2ccccc21. The van der Waals surface area contributed by atoms with Gasteiger partial charge in [-0.3, -0.25) is 4.90 Å². The van der Waals surface area contributed by atoms with Crippen LogP contribution in [-0.4, -0.2) is 83.8 Å². The zero-order chi connectivity index (χ0) is 21.8. The number of hydrogen-bond donors (Lipinski definition) is 1. The number of likely N-dealkylation sites (tertiary alicyclic amines) is 1. The van der Waals surface area contributed by atoms with Crippen LogP contribution in [0.25, 0.3) is 0 Å². The van der Waals surface area contributed by atoms with Gasteiger partial charge in [0.25, 0.3) is 0 Å². The highest BCUT2D eigenvalue weighted by Crippen LogP contribution is 2.48. The van der Waals surface area contributed by atoms with E-state index in [1.807, 2.05) is 25.1 Å². The summed E-state index contributed by atoms with van der Waals surface area (Å²) < 4.78 is 0. The van der Waals surface area contributed by atoms with Crippen molar-refractivity contribution in [2.75, 3.05) is 38.6 Å². The Morgan fingerprint density at radius 1 is 0.968 bits per heavy atom. The molecule has 2 atom stereocenters. The van der Waals surface area contributed by atoms with Crippen molar-refractivity contribution in [2.45, 2.75) is 68.5 Å². The van der Waals surface area contributed by atoms with Gasteiger partial charge in [-0.1, -0.05) is 18.2 Å². The smallest absolute Gasteiger partial charge is 0.407 e. The molecule has 0 saturated carbocycles. The van der Waals surface area contributed by atoms with Crippen molar-refractivity contribution >= 4 is 17.8 Å². The summed E-state index contributed by atoms with van der Waals surface area (Å²) in [4.78, 5) is 32.3. The van der Waals surface area contributed by atoms with Gasteiger partial charge in [-0.05, 0) is 69.7 Å². The minimum Gasteiger partial charge on any atom is -0.465 e. The van der Waals surface area contributed by atoms with Gasteiger partial charge >= 0.3 is 12.1 Å². The van der Waals surface area contributed by atoms with E-state index in [1.54, 1.807) is 9.80 Å². The van der Waals surface area contributed by atoms with E-state index in [4.69, 9.17) is 0 Å². The monoisotopic (exact) mass is 426 g/mol. The van der Waals surface area contributed by atoms with Gasteiger partial charge in [0, 0.05) is 49.9 Å². The van der Waals surface area contributed by atoms with Crippen LogP contribution in [0.2, 0.25) is 0 Å². The van der Waals surface area contributed by atoms with Crippen molar-refractivity contribution < 1.29 is 14.7 Å². The van der Waals surface area contributed by atoms with Gasteiger partial charge in [-0.2, -0.15) is 0 Å². The second-order valence-corrected chi connectivity index (χ2v) is 10.1. The van der Waals surface area contributed by atoms with Crippen LogP contribution in [0.5, 0.6) is 0 Å². The molecule has 5 rings (SSSR count). The van der Waals surface area contributed by atoms with Crippen LogP contribution in [0.4, 0.5) is 15.3 Å². The Labute approximate surface area is 184 Å². The number of fused-ring (bicyclic) bond motifs is 4. The molecule has 1 aromatic rings. The third kappa shape index (κ3) is 3.37. The Bertz CT molecular complexity index is 850. The lowest BCUT2D eigenvalue weighted by Crippen LogP contribution is -2.56. The maximum absolute atomic E-state index is 12.7. The Morgan fingerprint density at radius 2 is 1.58 bits per heavy atom. The standard InChI is InChI=1S/C24H34N4O3/c1-25(2)22(29)27-14-11-24(20-5-3-4-6-21(20)27)9-12-26(13-10-24)19-15-17-7-8-18(16-19)28(17)23(30)31/h3-6,17-19H,7-16H2,1-2H3,(H,30,31). The molecule has 0 aromatic heterocycles. The lowest BCUT2D eigenvalue weighted by atomic mass is 9.67. The summed E-state index contributed by atoms with van der Waals surface area (Å²) in [5.74, 6) is 0. The molecule has 3 fully saturated rings. The summed E-state index contributed by atoms with van der Waals surface area (Å²) in [6, 6.07) is 9.45. The quantitative estimate of drug-likeness (QED) is 0.745. The maximum atomic E-state index is 12.7. The lowest BCUT2D eigenvalue weighted by molar-refractivity contribution is 0.0356. The lowest BCUT2D eigenvalue weighted by Gasteiger charge is -2.51. The highest BCUT2D eigenvalue weighted by atomic mass is 16.4. The van der Waals surface area contributed by atoms with Crippen LogP contribution in [0, 0.1) is 0 Å². The summed E-state index contributed by atoms with van der Waals surface area (Å²) in [5.41, 5.74) is 2.56. The van der Waals surface area contributed by atoms with Gasteiger partial charge in [0.05, 0.1) is 0 Å². The molecule has 7 nitrogen and oxygen atoms in total. The minimum absolute atomic E-state index is 0.0559. The van der Waals surface area contributed by atoms with Gasteiger partial charge in [0.15, 0.2) is 0 Å². The fourth-order valence-corrected chi connectivity index (χ4v) is 6.77. The first-order valence-corrected chi connectivity index (χ1v) is 11.7. The minimum atomic E-state index is -0.737. The first kappa shape index (κ1) is 20.6.